The molecule has 42 heavy (non-hydrogen) atoms. The predicted molar refractivity (Wildman–Crippen MR) is 128 cm³/mol. The third-order valence-corrected chi connectivity index (χ3v) is 5.77. The van der Waals surface area contributed by atoms with Gasteiger partial charge in [0.25, 0.3) is 11.3 Å². The fraction of sp³-hybridized carbons (Fsp3) is 0. The minimum atomic E-state index is -4.94. The van der Waals surface area contributed by atoms with Crippen molar-refractivity contribution in [2.45, 2.75) is 0 Å². The Bertz CT molecular complexity index is 1640. The van der Waals surface area contributed by atoms with E-state index >= 15 is 0 Å². The summed E-state index contributed by atoms with van der Waals surface area (Å²) in [6.45, 7) is 0. The summed E-state index contributed by atoms with van der Waals surface area (Å²) in [7, 11) is -9.89. The minimum Gasteiger partial charge on any atom is -0.222 e. The molecule has 0 saturated heterocycles. The average Bonchev–Trinajstić information content (AvgIpc) is 3.49. The number of nitrogens with zero attached hydrogens (tertiary/aromatic N) is 4. The molecule has 4 aromatic heterocycles. The molecule has 2 aromatic carbocycles. The van der Waals surface area contributed by atoms with Gasteiger partial charge in [-0.15, -0.1) is 20.5 Å². The molecule has 0 saturated carbocycles. The lowest BCUT2D eigenvalue weighted by molar-refractivity contribution is -2.00. The van der Waals surface area contributed by atoms with E-state index in [-0.39, 0.29) is 0 Å². The molecule has 0 fully saturated rings. The van der Waals surface area contributed by atoms with Gasteiger partial charge in [0.1, 0.15) is 24.8 Å². The van der Waals surface area contributed by atoms with Crippen LogP contribution in [0.4, 0.5) is 0 Å². The first-order chi connectivity index (χ1) is 19.9. The highest BCUT2D eigenvalue weighted by Crippen LogP contribution is 2.23. The number of halogens is 2. The molecule has 14 heteroatoms. The van der Waals surface area contributed by atoms with Crippen LogP contribution in [-0.2, 0) is 0 Å². The van der Waals surface area contributed by atoms with Crippen molar-refractivity contribution in [2.24, 2.45) is 0 Å². The molecule has 0 spiro atoms. The van der Waals surface area contributed by atoms with Crippen LogP contribution in [0.1, 0.15) is 0 Å². The summed E-state index contributed by atoms with van der Waals surface area (Å²) in [6, 6.07) is 33.5. The first kappa shape index (κ1) is 30.8. The molecule has 6 aromatic rings. The number of rotatable bonds is 4. The first-order valence-corrected chi connectivity index (χ1v) is 14.4. The normalized spacial score (nSPS) is 11.7. The molecule has 6 rings (SSSR count). The number of aromatic nitrogens is 4. The van der Waals surface area contributed by atoms with Crippen LogP contribution in [-0.4, -0.2) is 9.13 Å². The molecule has 0 N–H and O–H groups in total. The second-order valence-electron chi connectivity index (χ2n) is 8.49. The molecule has 0 bridgehead atoms. The third-order valence-electron chi connectivity index (χ3n) is 5.77. The molecule has 216 valence electrons. The van der Waals surface area contributed by atoms with Gasteiger partial charge in [-0.2, -0.15) is 9.13 Å². The lowest BCUT2D eigenvalue weighted by atomic mass is 10.2. The van der Waals surface area contributed by atoms with Crippen LogP contribution < -0.4 is 46.1 Å². The summed E-state index contributed by atoms with van der Waals surface area (Å²) in [5, 5.41) is 0. The molecule has 0 aliphatic rings. The van der Waals surface area contributed by atoms with E-state index in [2.05, 4.69) is 152 Å². The Morgan fingerprint density at radius 3 is 1.10 bits per heavy atom. The van der Waals surface area contributed by atoms with Crippen LogP contribution in [0.2, 0.25) is 0 Å². The molecule has 0 radical (unpaired) electrons. The molecule has 0 atom stereocenters. The van der Waals surface area contributed by atoms with Crippen molar-refractivity contribution in [1.82, 2.24) is 9.13 Å². The number of hydrogen-bond acceptors (Lipinski definition) is 8. The summed E-state index contributed by atoms with van der Waals surface area (Å²) < 4.78 is 76.7. The van der Waals surface area contributed by atoms with Crippen molar-refractivity contribution in [3.05, 3.63) is 122 Å². The largest absolute Gasteiger partial charge is 0.291 e. The maximum absolute atomic E-state index is 8.49. The zero-order valence-electron chi connectivity index (χ0n) is 21.5. The number of benzene rings is 2. The lowest BCUT2D eigenvalue weighted by Gasteiger charge is -2.17. The van der Waals surface area contributed by atoms with E-state index in [4.69, 9.17) is 37.3 Å². The summed E-state index contributed by atoms with van der Waals surface area (Å²) in [5.74, 6) is 0. The monoisotopic (exact) mass is 612 g/mol. The second kappa shape index (κ2) is 13.2. The van der Waals surface area contributed by atoms with Crippen molar-refractivity contribution >= 4 is 23.7 Å². The van der Waals surface area contributed by atoms with Crippen molar-refractivity contribution in [3.63, 3.8) is 0 Å². The van der Waals surface area contributed by atoms with Gasteiger partial charge in [-0.05, 0) is 12.1 Å². The van der Waals surface area contributed by atoms with E-state index < -0.39 is 20.5 Å². The summed E-state index contributed by atoms with van der Waals surface area (Å²) in [5.41, 5.74) is 6.84. The molecule has 0 aliphatic carbocycles. The fourth-order valence-electron chi connectivity index (χ4n) is 4.25. The van der Waals surface area contributed by atoms with Gasteiger partial charge in [0.2, 0.25) is 0 Å². The third kappa shape index (κ3) is 8.66. The van der Waals surface area contributed by atoms with Crippen LogP contribution in [0.15, 0.2) is 122 Å². The topological polar surface area (TPSA) is 203 Å². The van der Waals surface area contributed by atoms with E-state index in [1.165, 1.54) is 11.1 Å². The smallest absolute Gasteiger partial charge is 0.222 e. The van der Waals surface area contributed by atoms with Gasteiger partial charge in [-0.3, -0.25) is 0 Å². The number of hydrogen-bond donors (Lipinski definition) is 0. The minimum absolute atomic E-state index is 1.10. The molecule has 0 unspecified atom stereocenters. The highest BCUT2D eigenvalue weighted by atomic mass is 35.7. The molecular formula is C28H22Cl2N4O8. The van der Waals surface area contributed by atoms with Gasteiger partial charge in [0.05, 0.1) is 12.4 Å². The molecule has 12 nitrogen and oxygen atoms in total. The Labute approximate surface area is 243 Å². The van der Waals surface area contributed by atoms with E-state index in [9.17, 15) is 0 Å². The molecular weight excluding hydrogens is 591 g/mol. The lowest BCUT2D eigenvalue weighted by Crippen LogP contribution is -2.68. The van der Waals surface area contributed by atoms with Crippen LogP contribution in [0, 0.1) is 20.5 Å². The van der Waals surface area contributed by atoms with E-state index in [1.54, 1.807) is 0 Å². The Morgan fingerprint density at radius 2 is 0.762 bits per heavy atom. The highest BCUT2D eigenvalue weighted by molar-refractivity contribution is 5.71. The first-order valence-electron chi connectivity index (χ1n) is 11.9. The summed E-state index contributed by atoms with van der Waals surface area (Å²) >= 11 is 0. The quantitative estimate of drug-likeness (QED) is 0.178. The summed E-state index contributed by atoms with van der Waals surface area (Å²) in [6.07, 6.45) is 12.8. The molecule has 0 amide bonds. The zero-order chi connectivity index (χ0) is 30.3. The van der Waals surface area contributed by atoms with Crippen molar-refractivity contribution in [3.8, 4) is 22.5 Å². The van der Waals surface area contributed by atoms with Gasteiger partial charge >= 0.3 is 0 Å². The van der Waals surface area contributed by atoms with Crippen LogP contribution >= 0.6 is 0 Å². The predicted octanol–water partition coefficient (Wildman–Crippen LogP) is -4.33. The number of imidazole rings is 2. The van der Waals surface area contributed by atoms with Crippen molar-refractivity contribution < 1.29 is 66.6 Å². The SMILES string of the molecule is C(=Cn1c(-c2ccccc2)c[n+]2ccccc12)n1c(-c2ccccc2)c[n+]2ccccc12.[O-][Cl+3]([O-])([O-])[O-].[O-][Cl+3]([O-])([O-])[O-]. The van der Waals surface area contributed by atoms with Crippen molar-refractivity contribution in [1.29, 1.82) is 0 Å². The van der Waals surface area contributed by atoms with Gasteiger partial charge < -0.3 is 0 Å². The standard InChI is InChI=1S/C28H22N4.2ClHO4/c1-3-11-23(12-4-1)25-21-29-17-9-7-15-27(29)31(25)19-20-32-26(24-13-5-2-6-14-24)22-30-18-10-8-16-28(30)32;2*2-1(3,4)5/h1-22H;2*(H,2,3,4,5)/q+2;;/p-2. The Balaban J connectivity index is 0.000000352. The van der Waals surface area contributed by atoms with Gasteiger partial charge in [-0.1, -0.05) is 72.8 Å². The maximum atomic E-state index is 8.49. The molecule has 4 heterocycles. The van der Waals surface area contributed by atoms with E-state index in [0.717, 1.165) is 22.7 Å². The second-order valence-corrected chi connectivity index (χ2v) is 10.00. The highest BCUT2D eigenvalue weighted by Gasteiger charge is 2.20. The molecule has 0 aliphatic heterocycles. The van der Waals surface area contributed by atoms with Crippen molar-refractivity contribution in [2.75, 3.05) is 0 Å². The zero-order valence-corrected chi connectivity index (χ0v) is 23.0. The van der Waals surface area contributed by atoms with E-state index in [0.29, 0.717) is 0 Å². The van der Waals surface area contributed by atoms with Crippen LogP contribution in [0.25, 0.3) is 46.2 Å². The van der Waals surface area contributed by atoms with Crippen LogP contribution in [0.3, 0.4) is 0 Å². The van der Waals surface area contributed by atoms with Gasteiger partial charge in [0.15, 0.2) is 11.4 Å². The average molecular weight is 613 g/mol. The Hall–Kier alpha value is -4.18. The number of fused-ring (bicyclic) bond motifs is 2. The van der Waals surface area contributed by atoms with Gasteiger partial charge in [-0.25, -0.2) is 46.1 Å². The summed E-state index contributed by atoms with van der Waals surface area (Å²) in [4.78, 5) is 0. The van der Waals surface area contributed by atoms with Gasteiger partial charge in [0, 0.05) is 23.3 Å². The van der Waals surface area contributed by atoms with E-state index in [1.807, 2.05) is 0 Å². The van der Waals surface area contributed by atoms with Crippen LogP contribution in [0.5, 0.6) is 0 Å². The maximum Gasteiger partial charge on any atom is 0.291 e. The Morgan fingerprint density at radius 1 is 0.452 bits per heavy atom. The fourth-order valence-corrected chi connectivity index (χ4v) is 4.25. The Kier molecular flexibility index (Phi) is 9.67. The number of pyridine rings is 2.